The van der Waals surface area contributed by atoms with Crippen LogP contribution in [0.1, 0.15) is 11.3 Å². The lowest BCUT2D eigenvalue weighted by Crippen LogP contribution is -2.36. The van der Waals surface area contributed by atoms with E-state index in [4.69, 9.17) is 4.74 Å². The predicted molar refractivity (Wildman–Crippen MR) is 86.0 cm³/mol. The van der Waals surface area contributed by atoms with E-state index in [1.807, 2.05) is 13.1 Å². The average Bonchev–Trinajstić information content (AvgIpc) is 2.98. The molecule has 0 aliphatic heterocycles. The summed E-state index contributed by atoms with van der Waals surface area (Å²) < 4.78 is 43.4. The maximum atomic E-state index is 12.3. The Hall–Kier alpha value is -2.78. The van der Waals surface area contributed by atoms with Crippen molar-refractivity contribution < 1.29 is 17.9 Å². The molecule has 0 fully saturated rings. The van der Waals surface area contributed by atoms with Crippen molar-refractivity contribution in [2.24, 2.45) is 12.0 Å². The van der Waals surface area contributed by atoms with Crippen LogP contribution in [0.4, 0.5) is 13.2 Å². The smallest absolute Gasteiger partial charge is 0.422 e. The maximum absolute atomic E-state index is 12.3. The maximum Gasteiger partial charge on any atom is 0.422 e. The fourth-order valence-corrected chi connectivity index (χ4v) is 1.99. The molecule has 2 aromatic rings. The number of pyridine rings is 1. The first kappa shape index (κ1) is 18.6. The fourth-order valence-electron chi connectivity index (χ4n) is 1.99. The van der Waals surface area contributed by atoms with Gasteiger partial charge in [0.1, 0.15) is 0 Å². The zero-order valence-corrected chi connectivity index (χ0v) is 13.8. The molecule has 0 amide bonds. The Labute approximate surface area is 142 Å². The highest BCUT2D eigenvalue weighted by molar-refractivity contribution is 5.79. The molecule has 0 saturated carbocycles. The molecule has 0 spiro atoms. The lowest BCUT2D eigenvalue weighted by molar-refractivity contribution is -0.154. The number of aromatic nitrogens is 3. The quantitative estimate of drug-likeness (QED) is 0.608. The standard InChI is InChI=1S/C15H19F3N6O/c1-19-14(22-9-12-5-7-23-24(12)2)21-8-11-4-3-6-20-13(11)25-10-15(16,17)18/h3-7H,8-10H2,1-2H3,(H2,19,21,22). The molecular weight excluding hydrogens is 337 g/mol. The fraction of sp³-hybridized carbons (Fsp3) is 0.400. The third-order valence-electron chi connectivity index (χ3n) is 3.25. The summed E-state index contributed by atoms with van der Waals surface area (Å²) >= 11 is 0. The summed E-state index contributed by atoms with van der Waals surface area (Å²) in [5, 5.41) is 10.2. The Morgan fingerprint density at radius 2 is 2.00 bits per heavy atom. The van der Waals surface area contributed by atoms with E-state index in [2.05, 4.69) is 25.7 Å². The molecule has 0 aliphatic carbocycles. The van der Waals surface area contributed by atoms with Gasteiger partial charge in [-0.05, 0) is 12.1 Å². The summed E-state index contributed by atoms with van der Waals surface area (Å²) in [7, 11) is 3.43. The van der Waals surface area contributed by atoms with Gasteiger partial charge in [-0.15, -0.1) is 0 Å². The van der Waals surface area contributed by atoms with Crippen LogP contribution in [0.25, 0.3) is 0 Å². The van der Waals surface area contributed by atoms with Crippen LogP contribution in [-0.4, -0.2) is 40.6 Å². The molecule has 0 atom stereocenters. The van der Waals surface area contributed by atoms with Crippen molar-refractivity contribution >= 4 is 5.96 Å². The summed E-state index contributed by atoms with van der Waals surface area (Å²) in [5.41, 5.74) is 1.45. The van der Waals surface area contributed by atoms with E-state index in [0.29, 0.717) is 18.1 Å². The van der Waals surface area contributed by atoms with Gasteiger partial charge in [0.05, 0.1) is 12.2 Å². The van der Waals surface area contributed by atoms with E-state index in [9.17, 15) is 13.2 Å². The lowest BCUT2D eigenvalue weighted by atomic mass is 10.2. The number of hydrogen-bond donors (Lipinski definition) is 2. The van der Waals surface area contributed by atoms with Gasteiger partial charge in [0.25, 0.3) is 0 Å². The zero-order chi connectivity index (χ0) is 18.3. The van der Waals surface area contributed by atoms with E-state index in [-0.39, 0.29) is 12.4 Å². The summed E-state index contributed by atoms with van der Waals surface area (Å²) in [6.45, 7) is -0.669. The van der Waals surface area contributed by atoms with Gasteiger partial charge in [-0.3, -0.25) is 9.67 Å². The minimum atomic E-state index is -4.41. The number of hydrogen-bond acceptors (Lipinski definition) is 4. The van der Waals surface area contributed by atoms with E-state index in [1.54, 1.807) is 30.1 Å². The average molecular weight is 356 g/mol. The monoisotopic (exact) mass is 356 g/mol. The van der Waals surface area contributed by atoms with Crippen LogP contribution in [0.15, 0.2) is 35.6 Å². The Morgan fingerprint density at radius 3 is 2.64 bits per heavy atom. The van der Waals surface area contributed by atoms with Crippen molar-refractivity contribution in [2.45, 2.75) is 19.3 Å². The number of aliphatic imine (C=N–C) groups is 1. The molecule has 0 bridgehead atoms. The van der Waals surface area contributed by atoms with Crippen molar-refractivity contribution in [3.05, 3.63) is 41.9 Å². The number of nitrogens with zero attached hydrogens (tertiary/aromatic N) is 4. The van der Waals surface area contributed by atoms with Crippen LogP contribution in [0.3, 0.4) is 0 Å². The highest BCUT2D eigenvalue weighted by atomic mass is 19.4. The number of guanidine groups is 1. The minimum Gasteiger partial charge on any atom is -0.468 e. The molecule has 2 heterocycles. The first-order valence-corrected chi connectivity index (χ1v) is 7.44. The van der Waals surface area contributed by atoms with Crippen molar-refractivity contribution in [1.82, 2.24) is 25.4 Å². The lowest BCUT2D eigenvalue weighted by Gasteiger charge is -2.14. The second-order valence-electron chi connectivity index (χ2n) is 5.10. The zero-order valence-electron chi connectivity index (χ0n) is 13.8. The van der Waals surface area contributed by atoms with E-state index in [0.717, 1.165) is 5.69 Å². The summed E-state index contributed by atoms with van der Waals surface area (Å²) in [6, 6.07) is 5.13. The Bertz CT molecular complexity index is 713. The predicted octanol–water partition coefficient (Wildman–Crippen LogP) is 1.62. The topological polar surface area (TPSA) is 76.4 Å². The molecule has 10 heteroatoms. The first-order chi connectivity index (χ1) is 11.9. The Balaban J connectivity index is 1.91. The van der Waals surface area contributed by atoms with Crippen LogP contribution < -0.4 is 15.4 Å². The summed E-state index contributed by atoms with van der Waals surface area (Å²) in [5.74, 6) is 0.432. The van der Waals surface area contributed by atoms with Gasteiger partial charge in [0.2, 0.25) is 5.88 Å². The summed E-state index contributed by atoms with van der Waals surface area (Å²) in [6.07, 6.45) is -1.35. The van der Waals surface area contributed by atoms with Gasteiger partial charge >= 0.3 is 6.18 Å². The number of rotatable bonds is 6. The van der Waals surface area contributed by atoms with Crippen molar-refractivity contribution in [1.29, 1.82) is 0 Å². The highest BCUT2D eigenvalue weighted by Gasteiger charge is 2.29. The van der Waals surface area contributed by atoms with Crippen molar-refractivity contribution in [2.75, 3.05) is 13.7 Å². The van der Waals surface area contributed by atoms with Gasteiger partial charge in [-0.1, -0.05) is 6.07 Å². The molecule has 2 aromatic heterocycles. The number of ether oxygens (including phenoxy) is 1. The third-order valence-corrected chi connectivity index (χ3v) is 3.25. The van der Waals surface area contributed by atoms with Gasteiger partial charge in [0, 0.05) is 38.6 Å². The summed E-state index contributed by atoms with van der Waals surface area (Å²) in [4.78, 5) is 7.92. The van der Waals surface area contributed by atoms with Crippen LogP contribution in [0.5, 0.6) is 5.88 Å². The van der Waals surface area contributed by atoms with Crippen LogP contribution >= 0.6 is 0 Å². The molecule has 136 valence electrons. The molecule has 0 aliphatic rings. The number of halogens is 3. The molecule has 2 N–H and O–H groups in total. The Kier molecular flexibility index (Phi) is 6.20. The minimum absolute atomic E-state index is 0.0607. The SMILES string of the molecule is CN=C(NCc1cccnc1OCC(F)(F)F)NCc1ccnn1C. The van der Waals surface area contributed by atoms with Gasteiger partial charge < -0.3 is 15.4 Å². The van der Waals surface area contributed by atoms with Crippen LogP contribution in [0.2, 0.25) is 0 Å². The van der Waals surface area contributed by atoms with Gasteiger partial charge in [-0.2, -0.15) is 18.3 Å². The van der Waals surface area contributed by atoms with Gasteiger partial charge in [0.15, 0.2) is 12.6 Å². The molecule has 0 aromatic carbocycles. The first-order valence-electron chi connectivity index (χ1n) is 7.44. The van der Waals surface area contributed by atoms with Crippen molar-refractivity contribution in [3.8, 4) is 5.88 Å². The number of nitrogens with one attached hydrogen (secondary N) is 2. The van der Waals surface area contributed by atoms with Crippen LogP contribution in [0, 0.1) is 0 Å². The molecule has 0 radical (unpaired) electrons. The third kappa shape index (κ3) is 5.98. The van der Waals surface area contributed by atoms with Crippen LogP contribution in [-0.2, 0) is 20.1 Å². The highest BCUT2D eigenvalue weighted by Crippen LogP contribution is 2.19. The molecule has 25 heavy (non-hydrogen) atoms. The number of alkyl halides is 3. The second kappa shape index (κ2) is 8.36. The normalized spacial score (nSPS) is 12.1. The largest absolute Gasteiger partial charge is 0.468 e. The van der Waals surface area contributed by atoms with E-state index < -0.39 is 12.8 Å². The van der Waals surface area contributed by atoms with E-state index >= 15 is 0 Å². The molecular formula is C15H19F3N6O. The molecule has 2 rings (SSSR count). The number of aryl methyl sites for hydroxylation is 1. The molecule has 0 saturated heterocycles. The van der Waals surface area contributed by atoms with Crippen molar-refractivity contribution in [3.63, 3.8) is 0 Å². The molecule has 7 nitrogen and oxygen atoms in total. The Morgan fingerprint density at radius 1 is 1.24 bits per heavy atom. The van der Waals surface area contributed by atoms with Gasteiger partial charge in [-0.25, -0.2) is 4.98 Å². The molecule has 0 unspecified atom stereocenters. The van der Waals surface area contributed by atoms with E-state index in [1.165, 1.54) is 6.20 Å². The second-order valence-corrected chi connectivity index (χ2v) is 5.10.